The molecule has 0 saturated heterocycles. The minimum absolute atomic E-state index is 0.0604. The standard InChI is InChI=1S/C24H49O2/c1-7-8-9-10-11-12-13-14-15-16-17-18-19-20-24(26-22(4)5)23(6)25-21(2)3/h21-24H,6-20H2,1-5H3. The Hall–Kier alpha value is -0.0800. The van der Waals surface area contributed by atoms with Gasteiger partial charge in [0, 0.05) is 0 Å². The molecule has 0 aliphatic rings. The average Bonchev–Trinajstić information content (AvgIpc) is 2.57. The molecular weight excluding hydrogens is 320 g/mol. The molecule has 0 saturated carbocycles. The first-order valence-corrected chi connectivity index (χ1v) is 11.6. The van der Waals surface area contributed by atoms with Crippen LogP contribution in [-0.4, -0.2) is 24.4 Å². The lowest BCUT2D eigenvalue weighted by Crippen LogP contribution is -2.33. The van der Waals surface area contributed by atoms with E-state index in [1.807, 2.05) is 0 Å². The van der Waals surface area contributed by atoms with Crippen LogP contribution < -0.4 is 0 Å². The van der Waals surface area contributed by atoms with Gasteiger partial charge in [0.25, 0.3) is 0 Å². The smallest absolute Gasteiger partial charge is 0.0841 e. The number of hydrogen-bond donors (Lipinski definition) is 0. The zero-order valence-electron chi connectivity index (χ0n) is 18.7. The summed E-state index contributed by atoms with van der Waals surface area (Å²) in [5, 5.41) is 0. The normalized spacial score (nSPS) is 14.3. The van der Waals surface area contributed by atoms with E-state index in [1.54, 1.807) is 0 Å². The third-order valence-electron chi connectivity index (χ3n) is 4.90. The van der Waals surface area contributed by atoms with Crippen molar-refractivity contribution in [2.45, 2.75) is 149 Å². The summed E-state index contributed by atoms with van der Waals surface area (Å²) in [4.78, 5) is 0. The molecule has 0 aliphatic carbocycles. The van der Waals surface area contributed by atoms with Gasteiger partial charge in [0.05, 0.1) is 24.4 Å². The van der Waals surface area contributed by atoms with Gasteiger partial charge in [0.15, 0.2) is 0 Å². The van der Waals surface area contributed by atoms with Crippen molar-refractivity contribution >= 4 is 0 Å². The minimum Gasteiger partial charge on any atom is -0.373 e. The molecule has 0 rings (SSSR count). The van der Waals surface area contributed by atoms with E-state index < -0.39 is 0 Å². The summed E-state index contributed by atoms with van der Waals surface area (Å²) in [7, 11) is 0. The van der Waals surface area contributed by atoms with Crippen molar-refractivity contribution in [3.05, 3.63) is 6.92 Å². The van der Waals surface area contributed by atoms with Gasteiger partial charge in [-0.25, -0.2) is 0 Å². The molecule has 0 spiro atoms. The Morgan fingerprint density at radius 1 is 0.577 bits per heavy atom. The van der Waals surface area contributed by atoms with Crippen LogP contribution in [0.4, 0.5) is 0 Å². The van der Waals surface area contributed by atoms with E-state index in [2.05, 4.69) is 41.5 Å². The van der Waals surface area contributed by atoms with Crippen LogP contribution in [-0.2, 0) is 9.47 Å². The summed E-state index contributed by atoms with van der Waals surface area (Å²) in [6.45, 7) is 14.8. The molecule has 2 heteroatoms. The van der Waals surface area contributed by atoms with Gasteiger partial charge in [0.1, 0.15) is 0 Å². The van der Waals surface area contributed by atoms with Gasteiger partial charge in [-0.2, -0.15) is 0 Å². The van der Waals surface area contributed by atoms with Crippen molar-refractivity contribution < 1.29 is 9.47 Å². The van der Waals surface area contributed by atoms with E-state index in [-0.39, 0.29) is 24.4 Å². The maximum absolute atomic E-state index is 6.03. The molecule has 2 unspecified atom stereocenters. The molecule has 0 N–H and O–H groups in total. The molecule has 0 amide bonds. The lowest BCUT2D eigenvalue weighted by Gasteiger charge is -2.28. The Morgan fingerprint density at radius 3 is 1.35 bits per heavy atom. The first-order chi connectivity index (χ1) is 12.5. The van der Waals surface area contributed by atoms with Crippen LogP contribution in [0.3, 0.4) is 0 Å². The Morgan fingerprint density at radius 2 is 0.962 bits per heavy atom. The zero-order chi connectivity index (χ0) is 19.6. The van der Waals surface area contributed by atoms with Gasteiger partial charge in [-0.15, -0.1) is 0 Å². The lowest BCUT2D eigenvalue weighted by atomic mass is 10.0. The fourth-order valence-corrected chi connectivity index (χ4v) is 3.49. The van der Waals surface area contributed by atoms with Gasteiger partial charge in [0.2, 0.25) is 0 Å². The fraction of sp³-hybridized carbons (Fsp3) is 0.958. The quantitative estimate of drug-likeness (QED) is 0.215. The van der Waals surface area contributed by atoms with E-state index in [1.165, 1.54) is 83.5 Å². The van der Waals surface area contributed by atoms with Gasteiger partial charge < -0.3 is 9.47 Å². The summed E-state index contributed by atoms with van der Waals surface area (Å²) in [5.74, 6) is 0. The second-order valence-corrected chi connectivity index (χ2v) is 8.48. The monoisotopic (exact) mass is 369 g/mol. The topological polar surface area (TPSA) is 18.5 Å². The SMILES string of the molecule is [CH2]C(OC(C)C)C(CCCCCCCCCCCCCCC)OC(C)C. The average molecular weight is 370 g/mol. The highest BCUT2D eigenvalue weighted by Crippen LogP contribution is 2.18. The van der Waals surface area contributed by atoms with Crippen LogP contribution >= 0.6 is 0 Å². The predicted octanol–water partition coefficient (Wildman–Crippen LogP) is 7.89. The van der Waals surface area contributed by atoms with Crippen molar-refractivity contribution in [3.8, 4) is 0 Å². The maximum atomic E-state index is 6.03. The molecule has 0 aliphatic heterocycles. The largest absolute Gasteiger partial charge is 0.373 e. The zero-order valence-corrected chi connectivity index (χ0v) is 18.7. The van der Waals surface area contributed by atoms with Crippen LogP contribution in [0, 0.1) is 6.92 Å². The van der Waals surface area contributed by atoms with Crippen LogP contribution in [0.1, 0.15) is 125 Å². The highest BCUT2D eigenvalue weighted by Gasteiger charge is 2.20. The maximum Gasteiger partial charge on any atom is 0.0841 e. The van der Waals surface area contributed by atoms with Crippen molar-refractivity contribution in [1.82, 2.24) is 0 Å². The highest BCUT2D eigenvalue weighted by molar-refractivity contribution is 4.75. The van der Waals surface area contributed by atoms with Crippen LogP contribution in [0.5, 0.6) is 0 Å². The van der Waals surface area contributed by atoms with Crippen molar-refractivity contribution in [2.24, 2.45) is 0 Å². The van der Waals surface area contributed by atoms with Crippen LogP contribution in [0.15, 0.2) is 0 Å². The third kappa shape index (κ3) is 17.3. The summed E-state index contributed by atoms with van der Waals surface area (Å²) in [5.41, 5.74) is 0. The van der Waals surface area contributed by atoms with Crippen LogP contribution in [0.2, 0.25) is 0 Å². The molecule has 0 bridgehead atoms. The molecule has 26 heavy (non-hydrogen) atoms. The molecule has 157 valence electrons. The van der Waals surface area contributed by atoms with Gasteiger partial charge >= 0.3 is 0 Å². The number of hydrogen-bond acceptors (Lipinski definition) is 2. The Balaban J connectivity index is 3.57. The number of ether oxygens (including phenoxy) is 2. The second kappa shape index (κ2) is 18.3. The molecule has 0 heterocycles. The Bertz CT molecular complexity index is 275. The van der Waals surface area contributed by atoms with E-state index in [0.717, 1.165) is 6.42 Å². The minimum atomic E-state index is -0.0604. The highest BCUT2D eigenvalue weighted by atomic mass is 16.5. The summed E-state index contributed by atoms with van der Waals surface area (Å²) in [6, 6.07) is 0. The lowest BCUT2D eigenvalue weighted by molar-refractivity contribution is -0.0951. The van der Waals surface area contributed by atoms with Gasteiger partial charge in [-0.3, -0.25) is 0 Å². The van der Waals surface area contributed by atoms with Gasteiger partial charge in [-0.1, -0.05) is 90.4 Å². The molecular formula is C24H49O2. The van der Waals surface area contributed by atoms with Crippen molar-refractivity contribution in [3.63, 3.8) is 0 Å². The summed E-state index contributed by atoms with van der Waals surface area (Å²) < 4.78 is 11.9. The van der Waals surface area contributed by atoms with Crippen molar-refractivity contribution in [2.75, 3.05) is 0 Å². The van der Waals surface area contributed by atoms with Gasteiger partial charge in [-0.05, 0) is 41.0 Å². The first-order valence-electron chi connectivity index (χ1n) is 11.6. The van der Waals surface area contributed by atoms with Crippen LogP contribution in [0.25, 0.3) is 0 Å². The predicted molar refractivity (Wildman–Crippen MR) is 116 cm³/mol. The number of rotatable bonds is 19. The molecule has 1 radical (unpaired) electrons. The van der Waals surface area contributed by atoms with E-state index in [0.29, 0.717) is 0 Å². The van der Waals surface area contributed by atoms with E-state index in [4.69, 9.17) is 9.47 Å². The summed E-state index contributed by atoms with van der Waals surface area (Å²) in [6.07, 6.45) is 19.7. The van der Waals surface area contributed by atoms with E-state index >= 15 is 0 Å². The molecule has 2 atom stereocenters. The second-order valence-electron chi connectivity index (χ2n) is 8.48. The first kappa shape index (κ1) is 25.9. The number of unbranched alkanes of at least 4 members (excludes halogenated alkanes) is 12. The van der Waals surface area contributed by atoms with Crippen molar-refractivity contribution in [1.29, 1.82) is 0 Å². The third-order valence-corrected chi connectivity index (χ3v) is 4.90. The Labute approximate surface area is 165 Å². The fourth-order valence-electron chi connectivity index (χ4n) is 3.49. The summed E-state index contributed by atoms with van der Waals surface area (Å²) >= 11 is 0. The molecule has 2 nitrogen and oxygen atoms in total. The molecule has 0 aromatic carbocycles. The Kier molecular flexibility index (Phi) is 18.2. The molecule has 0 aromatic rings. The van der Waals surface area contributed by atoms with E-state index in [9.17, 15) is 0 Å². The molecule has 0 fully saturated rings. The molecule has 0 aromatic heterocycles.